The Morgan fingerprint density at radius 3 is 2.36 bits per heavy atom. The van der Waals surface area contributed by atoms with E-state index >= 15 is 0 Å². The van der Waals surface area contributed by atoms with Crippen LogP contribution in [0.15, 0.2) is 53.4 Å². The van der Waals surface area contributed by atoms with E-state index in [0.717, 1.165) is 38.1 Å². The average Bonchev–Trinajstić information content (AvgIpc) is 2.98. The molecule has 0 unspecified atom stereocenters. The molecule has 4 aromatic rings. The predicted octanol–water partition coefficient (Wildman–Crippen LogP) is 5.30. The zero-order valence-corrected chi connectivity index (χ0v) is 15.2. The van der Waals surface area contributed by atoms with Crippen molar-refractivity contribution in [1.29, 1.82) is 5.26 Å². The van der Waals surface area contributed by atoms with Gasteiger partial charge in [0.05, 0.1) is 16.0 Å². The molecule has 4 heteroatoms. The number of nitriles is 1. The highest BCUT2D eigenvalue weighted by Crippen LogP contribution is 2.38. The van der Waals surface area contributed by atoms with Crippen molar-refractivity contribution < 1.29 is 0 Å². The van der Waals surface area contributed by atoms with Gasteiger partial charge in [-0.25, -0.2) is 4.98 Å². The predicted molar refractivity (Wildman–Crippen MR) is 105 cm³/mol. The van der Waals surface area contributed by atoms with Crippen LogP contribution in [0.1, 0.15) is 11.1 Å². The first kappa shape index (κ1) is 15.7. The molecule has 0 aliphatic rings. The van der Waals surface area contributed by atoms with Gasteiger partial charge in [-0.1, -0.05) is 54.1 Å². The summed E-state index contributed by atoms with van der Waals surface area (Å²) < 4.78 is 2.14. The van der Waals surface area contributed by atoms with Crippen LogP contribution in [0.25, 0.3) is 33.2 Å². The molecule has 0 amide bonds. The highest BCUT2D eigenvalue weighted by atomic mass is 32.2. The largest absolute Gasteiger partial charge is 0.327 e. The Balaban J connectivity index is 2.17. The molecule has 0 radical (unpaired) electrons. The molecular formula is C21H17N3S. The quantitative estimate of drug-likeness (QED) is 0.464. The molecule has 0 N–H and O–H groups in total. The van der Waals surface area contributed by atoms with Crippen LogP contribution < -0.4 is 0 Å². The highest BCUT2D eigenvalue weighted by Gasteiger charge is 2.20. The van der Waals surface area contributed by atoms with E-state index in [1.54, 1.807) is 11.8 Å². The highest BCUT2D eigenvalue weighted by molar-refractivity contribution is 7.98. The lowest BCUT2D eigenvalue weighted by atomic mass is 10.0. The van der Waals surface area contributed by atoms with Gasteiger partial charge in [-0.15, -0.1) is 11.8 Å². The van der Waals surface area contributed by atoms with Gasteiger partial charge in [0.1, 0.15) is 17.4 Å². The Labute approximate surface area is 150 Å². The van der Waals surface area contributed by atoms with Crippen molar-refractivity contribution in [3.63, 3.8) is 0 Å². The molecule has 3 nitrogen and oxygen atoms in total. The number of fused-ring (bicyclic) bond motifs is 3. The molecular weight excluding hydrogens is 326 g/mol. The van der Waals surface area contributed by atoms with E-state index in [9.17, 15) is 5.26 Å². The lowest BCUT2D eigenvalue weighted by Gasteiger charge is -2.09. The van der Waals surface area contributed by atoms with Crippen molar-refractivity contribution >= 4 is 33.6 Å². The maximum absolute atomic E-state index is 9.73. The minimum atomic E-state index is 0.712. The SMILES string of the molecule is CSc1c(C#N)c2ccccc2c2c1nc(-c1ccc(C)cc1)n2C. The molecule has 0 aliphatic carbocycles. The molecule has 4 rings (SSSR count). The molecule has 122 valence electrons. The van der Waals surface area contributed by atoms with Crippen LogP contribution in [0.2, 0.25) is 0 Å². The summed E-state index contributed by atoms with van der Waals surface area (Å²) in [6.07, 6.45) is 2.00. The van der Waals surface area contributed by atoms with Crippen molar-refractivity contribution in [3.8, 4) is 17.5 Å². The summed E-state index contributed by atoms with van der Waals surface area (Å²) in [7, 11) is 2.05. The van der Waals surface area contributed by atoms with Gasteiger partial charge in [0.2, 0.25) is 0 Å². The summed E-state index contributed by atoms with van der Waals surface area (Å²) in [6.45, 7) is 2.08. The summed E-state index contributed by atoms with van der Waals surface area (Å²) in [5.74, 6) is 0.922. The molecule has 3 aromatic carbocycles. The molecule has 0 saturated heterocycles. The number of aryl methyl sites for hydroxylation is 2. The van der Waals surface area contributed by atoms with Crippen LogP contribution in [0.4, 0.5) is 0 Å². The van der Waals surface area contributed by atoms with Crippen LogP contribution in [0.3, 0.4) is 0 Å². The summed E-state index contributed by atoms with van der Waals surface area (Å²) in [6, 6.07) is 18.9. The number of hydrogen-bond donors (Lipinski definition) is 0. The third-order valence-corrected chi connectivity index (χ3v) is 5.42. The van der Waals surface area contributed by atoms with E-state index in [4.69, 9.17) is 4.98 Å². The summed E-state index contributed by atoms with van der Waals surface area (Å²) in [5.41, 5.74) is 5.00. The van der Waals surface area contributed by atoms with E-state index in [0.29, 0.717) is 5.56 Å². The van der Waals surface area contributed by atoms with Gasteiger partial charge in [-0.2, -0.15) is 5.26 Å². The first-order valence-corrected chi connectivity index (χ1v) is 9.30. The lowest BCUT2D eigenvalue weighted by Crippen LogP contribution is -1.94. The Morgan fingerprint density at radius 2 is 1.72 bits per heavy atom. The van der Waals surface area contributed by atoms with E-state index < -0.39 is 0 Å². The second kappa shape index (κ2) is 5.94. The Morgan fingerprint density at radius 1 is 1.04 bits per heavy atom. The zero-order chi connectivity index (χ0) is 17.6. The standard InChI is InChI=1S/C21H17N3S/c1-13-8-10-14(11-9-13)21-23-18-19(24(21)2)16-7-5-4-6-15(16)17(12-22)20(18)25-3/h4-11H,1-3H3. The zero-order valence-electron chi connectivity index (χ0n) is 14.4. The number of imidazole rings is 1. The molecule has 0 saturated carbocycles. The van der Waals surface area contributed by atoms with Crippen molar-refractivity contribution in [2.45, 2.75) is 11.8 Å². The van der Waals surface area contributed by atoms with Crippen molar-refractivity contribution in [2.24, 2.45) is 7.05 Å². The first-order chi connectivity index (χ1) is 12.2. The van der Waals surface area contributed by atoms with Gasteiger partial charge in [0.25, 0.3) is 0 Å². The average molecular weight is 343 g/mol. The molecule has 0 bridgehead atoms. The molecule has 25 heavy (non-hydrogen) atoms. The fourth-order valence-electron chi connectivity index (χ4n) is 3.38. The summed E-state index contributed by atoms with van der Waals surface area (Å²) >= 11 is 1.59. The van der Waals surface area contributed by atoms with Crippen LogP contribution >= 0.6 is 11.8 Å². The van der Waals surface area contributed by atoms with E-state index in [2.05, 4.69) is 47.9 Å². The van der Waals surface area contributed by atoms with Crippen LogP contribution in [0.5, 0.6) is 0 Å². The fraction of sp³-hybridized carbons (Fsp3) is 0.143. The van der Waals surface area contributed by atoms with Crippen molar-refractivity contribution in [1.82, 2.24) is 9.55 Å². The molecule has 0 spiro atoms. The van der Waals surface area contributed by atoms with Crippen molar-refractivity contribution in [3.05, 3.63) is 59.7 Å². The first-order valence-electron chi connectivity index (χ1n) is 8.08. The number of nitrogens with zero attached hydrogens (tertiary/aromatic N) is 3. The molecule has 0 fully saturated rings. The maximum Gasteiger partial charge on any atom is 0.140 e. The van der Waals surface area contributed by atoms with Gasteiger partial charge in [-0.3, -0.25) is 0 Å². The van der Waals surface area contributed by atoms with E-state index in [1.165, 1.54) is 5.56 Å². The van der Waals surface area contributed by atoms with Gasteiger partial charge in [-0.05, 0) is 13.2 Å². The number of aromatic nitrogens is 2. The van der Waals surface area contributed by atoms with Crippen LogP contribution in [-0.4, -0.2) is 15.8 Å². The van der Waals surface area contributed by atoms with Gasteiger partial charge >= 0.3 is 0 Å². The minimum Gasteiger partial charge on any atom is -0.327 e. The third kappa shape index (κ3) is 2.32. The topological polar surface area (TPSA) is 41.6 Å². The minimum absolute atomic E-state index is 0.712. The summed E-state index contributed by atoms with van der Waals surface area (Å²) in [5, 5.41) is 11.8. The summed E-state index contributed by atoms with van der Waals surface area (Å²) in [4.78, 5) is 5.88. The van der Waals surface area contributed by atoms with Crippen LogP contribution in [-0.2, 0) is 7.05 Å². The molecule has 1 aromatic heterocycles. The van der Waals surface area contributed by atoms with E-state index in [-0.39, 0.29) is 0 Å². The third-order valence-electron chi connectivity index (χ3n) is 4.61. The van der Waals surface area contributed by atoms with Crippen molar-refractivity contribution in [2.75, 3.05) is 6.26 Å². The second-order valence-electron chi connectivity index (χ2n) is 6.12. The Kier molecular flexibility index (Phi) is 3.74. The van der Waals surface area contributed by atoms with Gasteiger partial charge < -0.3 is 4.57 Å². The number of thioether (sulfide) groups is 1. The molecule has 0 aliphatic heterocycles. The van der Waals surface area contributed by atoms with Gasteiger partial charge in [0, 0.05) is 23.4 Å². The van der Waals surface area contributed by atoms with E-state index in [1.807, 2.05) is 31.5 Å². The Bertz CT molecular complexity index is 1150. The Hall–Kier alpha value is -2.77. The smallest absolute Gasteiger partial charge is 0.140 e. The van der Waals surface area contributed by atoms with Gasteiger partial charge in [0.15, 0.2) is 0 Å². The normalized spacial score (nSPS) is 11.1. The maximum atomic E-state index is 9.73. The lowest BCUT2D eigenvalue weighted by molar-refractivity contribution is 0.962. The number of benzene rings is 3. The molecule has 0 atom stereocenters. The fourth-order valence-corrected chi connectivity index (χ4v) is 4.08. The second-order valence-corrected chi connectivity index (χ2v) is 6.94. The monoisotopic (exact) mass is 343 g/mol. The number of hydrogen-bond acceptors (Lipinski definition) is 3. The number of rotatable bonds is 2. The van der Waals surface area contributed by atoms with Crippen LogP contribution in [0, 0.1) is 18.3 Å². The molecule has 1 heterocycles.